The summed E-state index contributed by atoms with van der Waals surface area (Å²) in [6.45, 7) is 5.00. The Hall–Kier alpha value is -5.26. The fraction of sp³-hybridized carbons (Fsp3) is 0.405. The van der Waals surface area contributed by atoms with Crippen LogP contribution in [0.3, 0.4) is 0 Å². The molecule has 16 heteroatoms. The summed E-state index contributed by atoms with van der Waals surface area (Å²) in [5, 5.41) is 17.9. The number of aromatic nitrogens is 6. The molecule has 3 aromatic carbocycles. The standard InChI is InChI=1S/C37H51N11O5/c38-6-1-11-49-31-17-27(36-25-47(45-43-36)29-19-32(50-12-2-7-39)23-33(20-29)51-13-3-8-40)16-28(18-31)37-26-48(46-44-37)30-21-34(52-14-4-9-41)24-35(22-30)53-15-5-10-42/h16-26H,1-15,38-42H2. The van der Waals surface area contributed by atoms with Crippen LogP contribution in [-0.4, -0.2) is 95.7 Å². The van der Waals surface area contributed by atoms with Gasteiger partial charge in [-0.05, 0) is 83.0 Å². The van der Waals surface area contributed by atoms with Crippen LogP contribution in [0.15, 0.2) is 67.0 Å². The van der Waals surface area contributed by atoms with E-state index in [1.54, 1.807) is 9.36 Å². The van der Waals surface area contributed by atoms with Crippen molar-refractivity contribution in [2.45, 2.75) is 32.1 Å². The van der Waals surface area contributed by atoms with Crippen molar-refractivity contribution in [3.63, 3.8) is 0 Å². The second kappa shape index (κ2) is 20.7. The van der Waals surface area contributed by atoms with Crippen molar-refractivity contribution in [2.75, 3.05) is 65.8 Å². The predicted octanol–water partition coefficient (Wildman–Crippen LogP) is 2.82. The summed E-state index contributed by atoms with van der Waals surface area (Å²) in [5.41, 5.74) is 32.6. The molecule has 0 aliphatic carbocycles. The summed E-state index contributed by atoms with van der Waals surface area (Å²) in [6, 6.07) is 17.0. The van der Waals surface area contributed by atoms with Gasteiger partial charge in [0.15, 0.2) is 0 Å². The van der Waals surface area contributed by atoms with Crippen LogP contribution in [0.1, 0.15) is 32.1 Å². The third kappa shape index (κ3) is 11.6. The Kier molecular flexibility index (Phi) is 15.2. The third-order valence-electron chi connectivity index (χ3n) is 7.83. The summed E-state index contributed by atoms with van der Waals surface area (Å²) in [6.07, 6.45) is 7.27. The molecule has 16 nitrogen and oxygen atoms in total. The highest BCUT2D eigenvalue weighted by Gasteiger charge is 2.15. The molecule has 5 rings (SSSR count). The summed E-state index contributed by atoms with van der Waals surface area (Å²) in [7, 11) is 0. The molecule has 0 atom stereocenters. The number of nitrogens with zero attached hydrogens (tertiary/aromatic N) is 6. The number of nitrogens with two attached hydrogens (primary N) is 5. The maximum Gasteiger partial charge on any atom is 0.125 e. The van der Waals surface area contributed by atoms with Crippen LogP contribution in [0, 0.1) is 0 Å². The van der Waals surface area contributed by atoms with E-state index in [9.17, 15) is 0 Å². The van der Waals surface area contributed by atoms with Crippen molar-refractivity contribution in [1.29, 1.82) is 0 Å². The Labute approximate surface area is 309 Å². The zero-order chi connectivity index (χ0) is 37.3. The molecule has 284 valence electrons. The van der Waals surface area contributed by atoms with Gasteiger partial charge in [-0.1, -0.05) is 10.4 Å². The lowest BCUT2D eigenvalue weighted by molar-refractivity contribution is 0.297. The number of rotatable bonds is 24. The van der Waals surface area contributed by atoms with Crippen molar-refractivity contribution >= 4 is 0 Å². The lowest BCUT2D eigenvalue weighted by Crippen LogP contribution is -2.08. The molecular weight excluding hydrogens is 678 g/mol. The van der Waals surface area contributed by atoms with Crippen LogP contribution < -0.4 is 52.4 Å². The minimum Gasteiger partial charge on any atom is -0.494 e. The van der Waals surface area contributed by atoms with Crippen LogP contribution in [0.25, 0.3) is 33.9 Å². The second-order valence-corrected chi connectivity index (χ2v) is 12.1. The van der Waals surface area contributed by atoms with E-state index in [-0.39, 0.29) is 0 Å². The minimum atomic E-state index is 0.451. The normalized spacial score (nSPS) is 11.1. The number of hydrogen-bond acceptors (Lipinski definition) is 14. The molecule has 0 unspecified atom stereocenters. The molecule has 10 N–H and O–H groups in total. The van der Waals surface area contributed by atoms with E-state index >= 15 is 0 Å². The highest BCUT2D eigenvalue weighted by Crippen LogP contribution is 2.32. The number of benzene rings is 3. The van der Waals surface area contributed by atoms with E-state index < -0.39 is 0 Å². The van der Waals surface area contributed by atoms with Crippen LogP contribution in [0.4, 0.5) is 0 Å². The van der Waals surface area contributed by atoms with Crippen LogP contribution in [-0.2, 0) is 0 Å². The van der Waals surface area contributed by atoms with E-state index in [1.807, 2.05) is 67.0 Å². The molecule has 0 radical (unpaired) electrons. The first-order valence-electron chi connectivity index (χ1n) is 18.0. The molecule has 5 aromatic rings. The topological polar surface area (TPSA) is 238 Å². The van der Waals surface area contributed by atoms with Gasteiger partial charge in [0.2, 0.25) is 0 Å². The third-order valence-corrected chi connectivity index (χ3v) is 7.83. The van der Waals surface area contributed by atoms with Gasteiger partial charge < -0.3 is 52.4 Å². The SMILES string of the molecule is NCCCOc1cc(-c2cn(-c3cc(OCCCN)cc(OCCCN)c3)nn2)cc(-c2cn(-c3cc(OCCCN)cc(OCCCN)c3)nn2)c1. The molecule has 0 aliphatic rings. The van der Waals surface area contributed by atoms with E-state index in [4.69, 9.17) is 52.4 Å². The fourth-order valence-corrected chi connectivity index (χ4v) is 5.10. The Bertz CT molecular complexity index is 1670. The first kappa shape index (κ1) is 39.0. The lowest BCUT2D eigenvalue weighted by atomic mass is 10.1. The van der Waals surface area contributed by atoms with Crippen molar-refractivity contribution in [2.24, 2.45) is 28.7 Å². The maximum absolute atomic E-state index is 6.11. The highest BCUT2D eigenvalue weighted by atomic mass is 16.5. The summed E-state index contributed by atoms with van der Waals surface area (Å²) in [4.78, 5) is 0. The second-order valence-electron chi connectivity index (χ2n) is 12.1. The fourth-order valence-electron chi connectivity index (χ4n) is 5.10. The molecule has 0 spiro atoms. The van der Waals surface area contributed by atoms with Gasteiger partial charge >= 0.3 is 0 Å². The van der Waals surface area contributed by atoms with E-state index in [0.717, 1.165) is 48.2 Å². The van der Waals surface area contributed by atoms with Crippen molar-refractivity contribution in [3.05, 3.63) is 67.0 Å². The molecule has 0 bridgehead atoms. The molecule has 0 amide bonds. The van der Waals surface area contributed by atoms with Gasteiger partial charge in [-0.15, -0.1) is 10.2 Å². The smallest absolute Gasteiger partial charge is 0.125 e. The Morgan fingerprint density at radius 3 is 1.00 bits per heavy atom. The quantitative estimate of drug-likeness (QED) is 0.0575. The van der Waals surface area contributed by atoms with Crippen LogP contribution in [0.2, 0.25) is 0 Å². The Morgan fingerprint density at radius 1 is 0.396 bits per heavy atom. The molecule has 0 saturated carbocycles. The molecule has 0 fully saturated rings. The predicted molar refractivity (Wildman–Crippen MR) is 203 cm³/mol. The Balaban J connectivity index is 1.46. The van der Waals surface area contributed by atoms with Crippen molar-refractivity contribution < 1.29 is 23.7 Å². The van der Waals surface area contributed by atoms with Gasteiger partial charge in [0.25, 0.3) is 0 Å². The largest absolute Gasteiger partial charge is 0.494 e. The summed E-state index contributed by atoms with van der Waals surface area (Å²) in [5.74, 6) is 3.18. The molecule has 2 aromatic heterocycles. The van der Waals surface area contributed by atoms with Crippen molar-refractivity contribution in [3.8, 4) is 62.6 Å². The maximum atomic E-state index is 6.11. The van der Waals surface area contributed by atoms with E-state index in [1.165, 1.54) is 0 Å². The summed E-state index contributed by atoms with van der Waals surface area (Å²) >= 11 is 0. The van der Waals surface area contributed by atoms with Gasteiger partial charge in [-0.3, -0.25) is 0 Å². The molecule has 0 saturated heterocycles. The first-order chi connectivity index (χ1) is 26.0. The number of ether oxygens (including phenoxy) is 5. The lowest BCUT2D eigenvalue weighted by Gasteiger charge is -2.12. The molecule has 53 heavy (non-hydrogen) atoms. The first-order valence-corrected chi connectivity index (χ1v) is 18.0. The zero-order valence-electron chi connectivity index (χ0n) is 30.1. The van der Waals surface area contributed by atoms with Crippen LogP contribution in [0.5, 0.6) is 28.7 Å². The Morgan fingerprint density at radius 2 is 0.698 bits per heavy atom. The van der Waals surface area contributed by atoms with Gasteiger partial charge in [0, 0.05) is 47.5 Å². The molecule has 0 aliphatic heterocycles. The summed E-state index contributed by atoms with van der Waals surface area (Å²) < 4.78 is 33.3. The van der Waals surface area contributed by atoms with Crippen LogP contribution >= 0.6 is 0 Å². The zero-order valence-corrected chi connectivity index (χ0v) is 30.1. The van der Waals surface area contributed by atoms with Gasteiger partial charge in [-0.2, -0.15) is 0 Å². The van der Waals surface area contributed by atoms with Gasteiger partial charge in [-0.25, -0.2) is 9.36 Å². The minimum absolute atomic E-state index is 0.451. The molecular formula is C37H51N11O5. The van der Waals surface area contributed by atoms with Gasteiger partial charge in [0.05, 0.1) is 56.8 Å². The molecule has 2 heterocycles. The number of hydrogen-bond donors (Lipinski definition) is 5. The van der Waals surface area contributed by atoms with E-state index in [0.29, 0.717) is 112 Å². The van der Waals surface area contributed by atoms with E-state index in [2.05, 4.69) is 20.6 Å². The average Bonchev–Trinajstić information content (AvgIpc) is 3.87. The highest BCUT2D eigenvalue weighted by molar-refractivity contribution is 5.71. The monoisotopic (exact) mass is 729 g/mol. The van der Waals surface area contributed by atoms with Crippen molar-refractivity contribution in [1.82, 2.24) is 30.0 Å². The van der Waals surface area contributed by atoms with Gasteiger partial charge in [0.1, 0.15) is 40.1 Å². The average molecular weight is 730 g/mol.